The Balaban J connectivity index is 2.09. The third-order valence-electron chi connectivity index (χ3n) is 2.30. The fourth-order valence-electron chi connectivity index (χ4n) is 1.45. The van der Waals surface area contributed by atoms with Gasteiger partial charge in [-0.15, -0.1) is 0 Å². The van der Waals surface area contributed by atoms with Crippen molar-refractivity contribution in [2.24, 2.45) is 0 Å². The molecule has 1 aromatic heterocycles. The van der Waals surface area contributed by atoms with E-state index < -0.39 is 0 Å². The molecule has 0 amide bonds. The van der Waals surface area contributed by atoms with E-state index in [1.54, 1.807) is 18.3 Å². The minimum atomic E-state index is 0.355. The molecule has 2 aromatic rings. The highest BCUT2D eigenvalue weighted by Gasteiger charge is 2.03. The normalized spacial score (nSPS) is 10.2. The number of anilines is 1. The average molecular weight is 249 g/mol. The monoisotopic (exact) mass is 248 g/mol. The molecule has 0 unspecified atom stereocenters. The van der Waals surface area contributed by atoms with Crippen LogP contribution in [0.5, 0.6) is 5.75 Å². The molecule has 0 fully saturated rings. The average Bonchev–Trinajstić information content (AvgIpc) is 2.30. The number of rotatable bonds is 3. The lowest BCUT2D eigenvalue weighted by Crippen LogP contribution is -1.99. The van der Waals surface area contributed by atoms with Crippen LogP contribution in [0, 0.1) is 6.92 Å². The minimum Gasteiger partial charge on any atom is -0.486 e. The van der Waals surface area contributed by atoms with Gasteiger partial charge in [-0.1, -0.05) is 17.7 Å². The number of aryl methyl sites for hydroxylation is 1. The lowest BCUT2D eigenvalue weighted by Gasteiger charge is -2.08. The summed E-state index contributed by atoms with van der Waals surface area (Å²) >= 11 is 6.02. The maximum Gasteiger partial charge on any atom is 0.138 e. The van der Waals surface area contributed by atoms with E-state index in [1.165, 1.54) is 0 Å². The highest BCUT2D eigenvalue weighted by Crippen LogP contribution is 2.25. The second kappa shape index (κ2) is 5.06. The van der Waals surface area contributed by atoms with E-state index in [0.29, 0.717) is 23.1 Å². The summed E-state index contributed by atoms with van der Waals surface area (Å²) in [5, 5.41) is 0.597. The Morgan fingerprint density at radius 1 is 1.29 bits per heavy atom. The molecule has 2 rings (SSSR count). The van der Waals surface area contributed by atoms with Gasteiger partial charge in [-0.2, -0.15) is 0 Å². The summed E-state index contributed by atoms with van der Waals surface area (Å²) < 4.78 is 5.61. The van der Waals surface area contributed by atoms with Gasteiger partial charge in [0.1, 0.15) is 12.4 Å². The van der Waals surface area contributed by atoms with E-state index in [0.717, 1.165) is 11.3 Å². The molecule has 0 saturated carbocycles. The summed E-state index contributed by atoms with van der Waals surface area (Å²) in [6, 6.07) is 9.18. The van der Waals surface area contributed by atoms with Crippen molar-refractivity contribution in [1.29, 1.82) is 0 Å². The molecule has 2 N–H and O–H groups in total. The first-order chi connectivity index (χ1) is 8.15. The number of benzene rings is 1. The Morgan fingerprint density at radius 3 is 2.88 bits per heavy atom. The van der Waals surface area contributed by atoms with Crippen LogP contribution in [0.2, 0.25) is 5.02 Å². The molecule has 1 aromatic carbocycles. The lowest BCUT2D eigenvalue weighted by molar-refractivity contribution is 0.301. The Labute approximate surface area is 105 Å². The maximum absolute atomic E-state index is 6.02. The highest BCUT2D eigenvalue weighted by molar-refractivity contribution is 6.32. The second-order valence-corrected chi connectivity index (χ2v) is 4.21. The Kier molecular flexibility index (Phi) is 3.49. The van der Waals surface area contributed by atoms with Crippen LogP contribution in [0.1, 0.15) is 11.3 Å². The van der Waals surface area contributed by atoms with E-state index in [1.807, 2.05) is 25.1 Å². The number of pyridine rings is 1. The van der Waals surface area contributed by atoms with E-state index in [9.17, 15) is 0 Å². The zero-order valence-corrected chi connectivity index (χ0v) is 10.2. The summed E-state index contributed by atoms with van der Waals surface area (Å²) in [4.78, 5) is 4.16. The van der Waals surface area contributed by atoms with Gasteiger partial charge < -0.3 is 10.5 Å². The quantitative estimate of drug-likeness (QED) is 0.907. The minimum absolute atomic E-state index is 0.355. The molecule has 0 aliphatic rings. The van der Waals surface area contributed by atoms with Crippen LogP contribution in [0.15, 0.2) is 36.5 Å². The fourth-order valence-corrected chi connectivity index (χ4v) is 1.62. The van der Waals surface area contributed by atoms with Gasteiger partial charge in [-0.25, -0.2) is 0 Å². The van der Waals surface area contributed by atoms with E-state index >= 15 is 0 Å². The number of nitrogen functional groups attached to an aromatic ring is 1. The molecule has 0 aliphatic heterocycles. The number of nitrogens with two attached hydrogens (primary N) is 1. The van der Waals surface area contributed by atoms with Crippen LogP contribution in [0.4, 0.5) is 5.69 Å². The van der Waals surface area contributed by atoms with Crippen molar-refractivity contribution in [3.63, 3.8) is 0 Å². The Morgan fingerprint density at radius 2 is 2.12 bits per heavy atom. The summed E-state index contributed by atoms with van der Waals surface area (Å²) in [7, 11) is 0. The first-order valence-corrected chi connectivity index (χ1v) is 5.62. The molecule has 0 saturated heterocycles. The second-order valence-electron chi connectivity index (χ2n) is 3.80. The zero-order valence-electron chi connectivity index (χ0n) is 9.48. The Hall–Kier alpha value is -1.74. The number of aromatic nitrogens is 1. The number of ether oxygens (including phenoxy) is 1. The van der Waals surface area contributed by atoms with E-state index in [2.05, 4.69) is 4.98 Å². The van der Waals surface area contributed by atoms with Crippen LogP contribution >= 0.6 is 11.6 Å². The summed E-state index contributed by atoms with van der Waals surface area (Å²) in [6.45, 7) is 2.34. The van der Waals surface area contributed by atoms with Gasteiger partial charge in [0.2, 0.25) is 0 Å². The molecule has 0 bridgehead atoms. The molecule has 88 valence electrons. The van der Waals surface area contributed by atoms with Crippen molar-refractivity contribution in [3.05, 3.63) is 52.8 Å². The van der Waals surface area contributed by atoms with Crippen molar-refractivity contribution in [2.75, 3.05) is 5.73 Å². The third-order valence-corrected chi connectivity index (χ3v) is 2.62. The van der Waals surface area contributed by atoms with E-state index in [4.69, 9.17) is 22.1 Å². The van der Waals surface area contributed by atoms with Crippen LogP contribution in [0.3, 0.4) is 0 Å². The molecule has 3 nitrogen and oxygen atoms in total. The molecular formula is C13H13ClN2O. The maximum atomic E-state index is 6.02. The molecule has 4 heteroatoms. The van der Waals surface area contributed by atoms with Gasteiger partial charge in [-0.05, 0) is 36.8 Å². The van der Waals surface area contributed by atoms with Gasteiger partial charge in [0, 0.05) is 11.9 Å². The van der Waals surface area contributed by atoms with Gasteiger partial charge in [0.25, 0.3) is 0 Å². The first-order valence-electron chi connectivity index (χ1n) is 5.24. The van der Waals surface area contributed by atoms with Crippen molar-refractivity contribution in [2.45, 2.75) is 13.5 Å². The SMILES string of the molecule is Cc1ccc(Cl)c(OCc2cc(N)ccn2)c1. The standard InChI is InChI=1S/C13H13ClN2O/c1-9-2-3-12(14)13(6-9)17-8-11-7-10(15)4-5-16-11/h2-7H,8H2,1H3,(H2,15,16). The molecule has 0 atom stereocenters. The molecule has 0 aliphatic carbocycles. The first kappa shape index (κ1) is 11.7. The van der Waals surface area contributed by atoms with Crippen LogP contribution in [-0.2, 0) is 6.61 Å². The van der Waals surface area contributed by atoms with Gasteiger partial charge in [-0.3, -0.25) is 4.98 Å². The summed E-state index contributed by atoms with van der Waals surface area (Å²) in [6.07, 6.45) is 1.66. The third kappa shape index (κ3) is 3.11. The molecule has 0 radical (unpaired) electrons. The van der Waals surface area contributed by atoms with Crippen molar-refractivity contribution in [1.82, 2.24) is 4.98 Å². The highest BCUT2D eigenvalue weighted by atomic mass is 35.5. The number of nitrogens with zero attached hydrogens (tertiary/aromatic N) is 1. The predicted molar refractivity (Wildman–Crippen MR) is 69.2 cm³/mol. The van der Waals surface area contributed by atoms with E-state index in [-0.39, 0.29) is 0 Å². The predicted octanol–water partition coefficient (Wildman–Crippen LogP) is 3.20. The zero-order chi connectivity index (χ0) is 12.3. The molecule has 0 spiro atoms. The lowest BCUT2D eigenvalue weighted by atomic mass is 10.2. The van der Waals surface area contributed by atoms with Crippen LogP contribution in [0.25, 0.3) is 0 Å². The van der Waals surface area contributed by atoms with Gasteiger partial charge in [0.15, 0.2) is 0 Å². The number of halogens is 1. The molecule has 17 heavy (non-hydrogen) atoms. The molecule has 1 heterocycles. The van der Waals surface area contributed by atoms with Crippen molar-refractivity contribution < 1.29 is 4.74 Å². The topological polar surface area (TPSA) is 48.1 Å². The van der Waals surface area contributed by atoms with Crippen molar-refractivity contribution >= 4 is 17.3 Å². The largest absolute Gasteiger partial charge is 0.486 e. The smallest absolute Gasteiger partial charge is 0.138 e. The Bertz CT molecular complexity index is 529. The summed E-state index contributed by atoms with van der Waals surface area (Å²) in [5.41, 5.74) is 8.22. The van der Waals surface area contributed by atoms with Gasteiger partial charge in [0.05, 0.1) is 10.7 Å². The molecular weight excluding hydrogens is 236 g/mol. The van der Waals surface area contributed by atoms with Crippen molar-refractivity contribution in [3.8, 4) is 5.75 Å². The summed E-state index contributed by atoms with van der Waals surface area (Å²) in [5.74, 6) is 0.663. The number of hydrogen-bond acceptors (Lipinski definition) is 3. The van der Waals surface area contributed by atoms with Gasteiger partial charge >= 0.3 is 0 Å². The fraction of sp³-hybridized carbons (Fsp3) is 0.154. The van der Waals surface area contributed by atoms with Crippen LogP contribution < -0.4 is 10.5 Å². The van der Waals surface area contributed by atoms with Crippen LogP contribution in [-0.4, -0.2) is 4.98 Å². The number of hydrogen-bond donors (Lipinski definition) is 1.